The maximum absolute atomic E-state index is 8.65. The number of phenolic OH excluding ortho intramolecular Hbond substituents is 4. The number of phenols is 4. The van der Waals surface area contributed by atoms with Gasteiger partial charge in [-0.3, -0.25) is 0 Å². The molecule has 2 aromatic rings. The van der Waals surface area contributed by atoms with Gasteiger partial charge in [0, 0.05) is 0 Å². The molecule has 0 heterocycles. The molecular formula is C17H24O4. The van der Waals surface area contributed by atoms with Gasteiger partial charge in [0.05, 0.1) is 0 Å². The lowest BCUT2D eigenvalue weighted by atomic mass is 10.3. The van der Waals surface area contributed by atoms with Gasteiger partial charge in [-0.15, -0.1) is 0 Å². The smallest absolute Gasteiger partial charge is 0.115 e. The van der Waals surface area contributed by atoms with Crippen molar-refractivity contribution < 1.29 is 20.4 Å². The van der Waals surface area contributed by atoms with Gasteiger partial charge in [0.25, 0.3) is 0 Å². The van der Waals surface area contributed by atoms with Gasteiger partial charge in [-0.1, -0.05) is 33.1 Å². The Morgan fingerprint density at radius 1 is 0.524 bits per heavy atom. The van der Waals surface area contributed by atoms with E-state index in [0.717, 1.165) is 0 Å². The fraction of sp³-hybridized carbons (Fsp3) is 0.294. The van der Waals surface area contributed by atoms with Crippen LogP contribution in [0, 0.1) is 0 Å². The van der Waals surface area contributed by atoms with Crippen LogP contribution in [0.3, 0.4) is 0 Å². The minimum absolute atomic E-state index is 0.169. The van der Waals surface area contributed by atoms with E-state index in [1.807, 2.05) is 0 Å². The minimum atomic E-state index is 0.169. The predicted octanol–water partition coefficient (Wildman–Crippen LogP) is 4.39. The lowest BCUT2D eigenvalue weighted by Crippen LogP contribution is -1.61. The summed E-state index contributed by atoms with van der Waals surface area (Å²) in [7, 11) is 0. The average Bonchev–Trinajstić information content (AvgIpc) is 2.48. The van der Waals surface area contributed by atoms with Crippen molar-refractivity contribution in [3.05, 3.63) is 48.5 Å². The summed E-state index contributed by atoms with van der Waals surface area (Å²) in [6.45, 7) is 4.42. The molecule has 2 aromatic carbocycles. The summed E-state index contributed by atoms with van der Waals surface area (Å²) in [5.74, 6) is 0.677. The molecule has 0 atom stereocenters. The van der Waals surface area contributed by atoms with E-state index in [9.17, 15) is 0 Å². The Hall–Kier alpha value is -2.36. The highest BCUT2D eigenvalue weighted by Crippen LogP contribution is 2.13. The molecule has 4 heteroatoms. The summed E-state index contributed by atoms with van der Waals surface area (Å²) in [6.07, 6.45) is 4.08. The number of rotatable bonds is 2. The maximum atomic E-state index is 8.65. The first-order valence-electron chi connectivity index (χ1n) is 6.95. The maximum Gasteiger partial charge on any atom is 0.115 e. The number of hydrogen-bond acceptors (Lipinski definition) is 4. The van der Waals surface area contributed by atoms with Crippen LogP contribution in [0.25, 0.3) is 0 Å². The molecule has 116 valence electrons. The van der Waals surface area contributed by atoms with Gasteiger partial charge in [-0.25, -0.2) is 0 Å². The molecule has 0 aromatic heterocycles. The monoisotopic (exact) mass is 292 g/mol. The van der Waals surface area contributed by atoms with E-state index in [4.69, 9.17) is 20.4 Å². The van der Waals surface area contributed by atoms with Gasteiger partial charge >= 0.3 is 0 Å². The molecule has 0 saturated heterocycles. The molecule has 0 saturated carbocycles. The van der Waals surface area contributed by atoms with Crippen molar-refractivity contribution in [1.29, 1.82) is 0 Å². The predicted molar refractivity (Wildman–Crippen MR) is 84.7 cm³/mol. The van der Waals surface area contributed by atoms with E-state index in [-0.39, 0.29) is 23.0 Å². The summed E-state index contributed by atoms with van der Waals surface area (Å²) >= 11 is 0. The van der Waals surface area contributed by atoms with Crippen LogP contribution in [0.15, 0.2) is 48.5 Å². The fourth-order valence-electron chi connectivity index (χ4n) is 1.26. The Bertz CT molecular complexity index is 376. The Morgan fingerprint density at radius 3 is 0.810 bits per heavy atom. The summed E-state index contributed by atoms with van der Waals surface area (Å²) < 4.78 is 0. The molecule has 0 fully saturated rings. The molecule has 0 bridgehead atoms. The Kier molecular flexibility index (Phi) is 10.2. The van der Waals surface area contributed by atoms with Crippen LogP contribution < -0.4 is 0 Å². The zero-order valence-electron chi connectivity index (χ0n) is 12.5. The van der Waals surface area contributed by atoms with E-state index < -0.39 is 0 Å². The van der Waals surface area contributed by atoms with Crippen molar-refractivity contribution in [2.75, 3.05) is 0 Å². The molecule has 4 nitrogen and oxygen atoms in total. The molecule has 4 N–H and O–H groups in total. The molecule has 0 amide bonds. The van der Waals surface area contributed by atoms with E-state index in [1.165, 1.54) is 67.8 Å². The summed E-state index contributed by atoms with van der Waals surface area (Å²) in [5.41, 5.74) is 0. The SMILES string of the molecule is CCCCC.Oc1ccc(O)cc1.Oc1ccc(O)cc1. The van der Waals surface area contributed by atoms with E-state index in [0.29, 0.717) is 0 Å². The second kappa shape index (κ2) is 11.5. The van der Waals surface area contributed by atoms with E-state index >= 15 is 0 Å². The van der Waals surface area contributed by atoms with Crippen LogP contribution in [0.4, 0.5) is 0 Å². The summed E-state index contributed by atoms with van der Waals surface area (Å²) in [5, 5.41) is 34.6. The lowest BCUT2D eigenvalue weighted by Gasteiger charge is -1.88. The van der Waals surface area contributed by atoms with Crippen LogP contribution in [0.5, 0.6) is 23.0 Å². The molecule has 0 radical (unpaired) electrons. The quantitative estimate of drug-likeness (QED) is 0.619. The van der Waals surface area contributed by atoms with E-state index in [2.05, 4.69) is 13.8 Å². The highest BCUT2D eigenvalue weighted by atomic mass is 16.3. The number of hydrogen-bond donors (Lipinski definition) is 4. The molecule has 0 aliphatic heterocycles. The molecule has 0 aliphatic rings. The average molecular weight is 292 g/mol. The first kappa shape index (κ1) is 18.6. The van der Waals surface area contributed by atoms with Crippen LogP contribution in [0.1, 0.15) is 33.1 Å². The normalized spacial score (nSPS) is 8.86. The zero-order chi connectivity index (χ0) is 16.1. The molecule has 0 spiro atoms. The summed E-state index contributed by atoms with van der Waals surface area (Å²) in [6, 6.07) is 11.4. The lowest BCUT2D eigenvalue weighted by molar-refractivity contribution is 0.460. The number of benzene rings is 2. The third kappa shape index (κ3) is 11.2. The largest absolute Gasteiger partial charge is 0.508 e. The second-order valence-corrected chi connectivity index (χ2v) is 4.39. The van der Waals surface area contributed by atoms with Gasteiger partial charge in [0.2, 0.25) is 0 Å². The van der Waals surface area contributed by atoms with Crippen molar-refractivity contribution in [2.24, 2.45) is 0 Å². The topological polar surface area (TPSA) is 80.9 Å². The van der Waals surface area contributed by atoms with Gasteiger partial charge in [0.15, 0.2) is 0 Å². The van der Waals surface area contributed by atoms with E-state index in [1.54, 1.807) is 0 Å². The van der Waals surface area contributed by atoms with Crippen LogP contribution >= 0.6 is 0 Å². The highest BCUT2D eigenvalue weighted by Gasteiger charge is 1.85. The minimum Gasteiger partial charge on any atom is -0.508 e. The Morgan fingerprint density at radius 2 is 0.714 bits per heavy atom. The highest BCUT2D eigenvalue weighted by molar-refractivity contribution is 5.29. The van der Waals surface area contributed by atoms with Crippen LogP contribution in [-0.2, 0) is 0 Å². The molecule has 0 unspecified atom stereocenters. The van der Waals surface area contributed by atoms with Crippen molar-refractivity contribution in [3.8, 4) is 23.0 Å². The number of unbranched alkanes of at least 4 members (excludes halogenated alkanes) is 2. The third-order valence-electron chi connectivity index (χ3n) is 2.41. The fourth-order valence-corrected chi connectivity index (χ4v) is 1.26. The van der Waals surface area contributed by atoms with Crippen molar-refractivity contribution in [3.63, 3.8) is 0 Å². The van der Waals surface area contributed by atoms with Crippen LogP contribution in [0.2, 0.25) is 0 Å². The molecule has 2 rings (SSSR count). The molecular weight excluding hydrogens is 268 g/mol. The van der Waals surface area contributed by atoms with Gasteiger partial charge < -0.3 is 20.4 Å². The van der Waals surface area contributed by atoms with Crippen molar-refractivity contribution in [2.45, 2.75) is 33.1 Å². The van der Waals surface area contributed by atoms with Crippen molar-refractivity contribution in [1.82, 2.24) is 0 Å². The third-order valence-corrected chi connectivity index (χ3v) is 2.41. The first-order chi connectivity index (χ1) is 9.99. The van der Waals surface area contributed by atoms with Crippen molar-refractivity contribution >= 4 is 0 Å². The van der Waals surface area contributed by atoms with Crippen LogP contribution in [-0.4, -0.2) is 20.4 Å². The Labute approximate surface area is 126 Å². The number of aromatic hydroxyl groups is 4. The molecule has 0 aliphatic carbocycles. The van der Waals surface area contributed by atoms with Gasteiger partial charge in [0.1, 0.15) is 23.0 Å². The first-order valence-corrected chi connectivity index (χ1v) is 6.95. The standard InChI is InChI=1S/2C6H6O2.C5H12/c2*7-5-1-2-6(8)4-3-5;1-3-5-4-2/h2*1-4,7-8H;3-5H2,1-2H3. The van der Waals surface area contributed by atoms with Gasteiger partial charge in [-0.2, -0.15) is 0 Å². The second-order valence-electron chi connectivity index (χ2n) is 4.39. The Balaban J connectivity index is 0.000000296. The van der Waals surface area contributed by atoms with Gasteiger partial charge in [-0.05, 0) is 48.5 Å². The zero-order valence-corrected chi connectivity index (χ0v) is 12.5. The summed E-state index contributed by atoms with van der Waals surface area (Å²) in [4.78, 5) is 0. The molecule has 21 heavy (non-hydrogen) atoms.